The van der Waals surface area contributed by atoms with E-state index in [4.69, 9.17) is 9.47 Å². The van der Waals surface area contributed by atoms with Crippen molar-refractivity contribution in [3.8, 4) is 5.75 Å². The van der Waals surface area contributed by atoms with Crippen LogP contribution in [0.3, 0.4) is 0 Å². The van der Waals surface area contributed by atoms with Crippen molar-refractivity contribution in [3.05, 3.63) is 48.5 Å². The summed E-state index contributed by atoms with van der Waals surface area (Å²) in [6.07, 6.45) is 1.12. The van der Waals surface area contributed by atoms with E-state index in [1.807, 2.05) is 0 Å². The third kappa shape index (κ3) is 6.19. The molecule has 166 valence electrons. The van der Waals surface area contributed by atoms with E-state index < -0.39 is 22.0 Å². The summed E-state index contributed by atoms with van der Waals surface area (Å²) in [5.74, 6) is -0.0608. The summed E-state index contributed by atoms with van der Waals surface area (Å²) < 4.78 is 37.1. The maximum atomic E-state index is 12.7. The maximum absolute atomic E-state index is 12.7. The van der Waals surface area contributed by atoms with Crippen LogP contribution >= 0.6 is 0 Å². The number of ether oxygens (including phenoxy) is 2. The van der Waals surface area contributed by atoms with Gasteiger partial charge in [-0.05, 0) is 50.1 Å². The lowest BCUT2D eigenvalue weighted by Crippen LogP contribution is -2.28. The van der Waals surface area contributed by atoms with Crippen LogP contribution in [0.1, 0.15) is 19.8 Å². The highest BCUT2D eigenvalue weighted by atomic mass is 32.2. The second-order valence-corrected chi connectivity index (χ2v) is 8.79. The Morgan fingerprint density at radius 1 is 1.00 bits per heavy atom. The molecule has 2 aromatic carbocycles. The molecule has 3 rings (SSSR count). The van der Waals surface area contributed by atoms with Crippen LogP contribution in [-0.4, -0.2) is 51.0 Å². The molecule has 1 saturated heterocycles. The normalized spacial score (nSPS) is 14.1. The lowest BCUT2D eigenvalue weighted by atomic mass is 10.3. The van der Waals surface area contributed by atoms with Crippen molar-refractivity contribution in [1.29, 1.82) is 0 Å². The highest BCUT2D eigenvalue weighted by Crippen LogP contribution is 2.23. The van der Waals surface area contributed by atoms with Crippen LogP contribution in [0.25, 0.3) is 0 Å². The minimum absolute atomic E-state index is 0.144. The molecule has 0 aliphatic carbocycles. The number of nitrogens with one attached hydrogen (secondary N) is 2. The van der Waals surface area contributed by atoms with Crippen LogP contribution in [0.5, 0.6) is 5.75 Å². The first kappa shape index (κ1) is 22.6. The SMILES string of the molecule is CCOC(=O)Nc1cccc(OCC(=O)Nc2cccc(S(=O)(=O)N3CCCC3)c2)c1. The predicted molar refractivity (Wildman–Crippen MR) is 116 cm³/mol. The molecule has 0 atom stereocenters. The van der Waals surface area contributed by atoms with Gasteiger partial charge in [-0.2, -0.15) is 4.31 Å². The van der Waals surface area contributed by atoms with Gasteiger partial charge >= 0.3 is 6.09 Å². The summed E-state index contributed by atoms with van der Waals surface area (Å²) >= 11 is 0. The standard InChI is InChI=1S/C21H25N3O6S/c1-2-29-21(26)23-16-7-5-9-18(13-16)30-15-20(25)22-17-8-6-10-19(14-17)31(27,28)24-11-3-4-12-24/h5-10,13-14H,2-4,11-12,15H2,1H3,(H,22,25)(H,23,26). The van der Waals surface area contributed by atoms with Crippen LogP contribution < -0.4 is 15.4 Å². The van der Waals surface area contributed by atoms with Gasteiger partial charge in [-0.3, -0.25) is 10.1 Å². The summed E-state index contributed by atoms with van der Waals surface area (Å²) in [5.41, 5.74) is 0.836. The third-order valence-electron chi connectivity index (χ3n) is 4.55. The number of anilines is 2. The third-order valence-corrected chi connectivity index (χ3v) is 6.44. The Labute approximate surface area is 181 Å². The average Bonchev–Trinajstić information content (AvgIpc) is 3.29. The monoisotopic (exact) mass is 447 g/mol. The molecule has 0 bridgehead atoms. The van der Waals surface area contributed by atoms with Crippen LogP contribution in [0.2, 0.25) is 0 Å². The molecule has 0 aromatic heterocycles. The molecule has 0 saturated carbocycles. The number of hydrogen-bond donors (Lipinski definition) is 2. The fraction of sp³-hybridized carbons (Fsp3) is 0.333. The van der Waals surface area contributed by atoms with Crippen molar-refractivity contribution in [2.45, 2.75) is 24.7 Å². The highest BCUT2D eigenvalue weighted by Gasteiger charge is 2.27. The molecule has 2 amide bonds. The largest absolute Gasteiger partial charge is 0.484 e. The van der Waals surface area contributed by atoms with Gasteiger partial charge in [-0.25, -0.2) is 13.2 Å². The van der Waals surface area contributed by atoms with Gasteiger partial charge in [0.25, 0.3) is 5.91 Å². The smallest absolute Gasteiger partial charge is 0.411 e. The van der Waals surface area contributed by atoms with Crippen molar-refractivity contribution in [1.82, 2.24) is 4.31 Å². The molecule has 0 spiro atoms. The molecule has 31 heavy (non-hydrogen) atoms. The first-order valence-electron chi connectivity index (χ1n) is 9.95. The van der Waals surface area contributed by atoms with E-state index in [0.29, 0.717) is 30.2 Å². The molecule has 1 aliphatic heterocycles. The van der Waals surface area contributed by atoms with Crippen molar-refractivity contribution < 1.29 is 27.5 Å². The topological polar surface area (TPSA) is 114 Å². The molecule has 0 radical (unpaired) electrons. The number of carbonyl (C=O) groups is 2. The summed E-state index contributed by atoms with van der Waals surface area (Å²) in [5, 5.41) is 5.19. The zero-order chi connectivity index (χ0) is 22.3. The van der Waals surface area contributed by atoms with Crippen molar-refractivity contribution in [3.63, 3.8) is 0 Å². The quantitative estimate of drug-likeness (QED) is 0.643. The molecule has 10 heteroatoms. The first-order valence-corrected chi connectivity index (χ1v) is 11.4. The molecule has 1 aliphatic rings. The zero-order valence-electron chi connectivity index (χ0n) is 17.2. The van der Waals surface area contributed by atoms with E-state index >= 15 is 0 Å². The van der Waals surface area contributed by atoms with E-state index in [0.717, 1.165) is 12.8 Å². The van der Waals surface area contributed by atoms with Gasteiger partial charge in [-0.1, -0.05) is 12.1 Å². The summed E-state index contributed by atoms with van der Waals surface area (Å²) in [7, 11) is -3.57. The number of carbonyl (C=O) groups excluding carboxylic acids is 2. The predicted octanol–water partition coefficient (Wildman–Crippen LogP) is 3.06. The Morgan fingerprint density at radius 2 is 1.68 bits per heavy atom. The molecular formula is C21H25N3O6S. The zero-order valence-corrected chi connectivity index (χ0v) is 18.0. The second kappa shape index (κ2) is 10.3. The van der Waals surface area contributed by atoms with E-state index in [9.17, 15) is 18.0 Å². The molecule has 1 heterocycles. The second-order valence-electron chi connectivity index (χ2n) is 6.85. The Kier molecular flexibility index (Phi) is 7.48. The average molecular weight is 448 g/mol. The van der Waals surface area contributed by atoms with Crippen LogP contribution in [-0.2, 0) is 19.6 Å². The maximum Gasteiger partial charge on any atom is 0.411 e. The minimum Gasteiger partial charge on any atom is -0.484 e. The van der Waals surface area contributed by atoms with Gasteiger partial charge in [0.05, 0.1) is 11.5 Å². The van der Waals surface area contributed by atoms with Crippen LogP contribution in [0, 0.1) is 0 Å². The molecule has 0 unspecified atom stereocenters. The molecule has 2 N–H and O–H groups in total. The van der Waals surface area contributed by atoms with Gasteiger partial charge in [0.1, 0.15) is 5.75 Å². The highest BCUT2D eigenvalue weighted by molar-refractivity contribution is 7.89. The fourth-order valence-electron chi connectivity index (χ4n) is 3.11. The van der Waals surface area contributed by atoms with E-state index in [1.165, 1.54) is 16.4 Å². The van der Waals surface area contributed by atoms with Gasteiger partial charge in [0.15, 0.2) is 6.61 Å². The number of sulfonamides is 1. The van der Waals surface area contributed by atoms with Crippen molar-refractivity contribution >= 4 is 33.4 Å². The van der Waals surface area contributed by atoms with Gasteiger partial charge < -0.3 is 14.8 Å². The van der Waals surface area contributed by atoms with E-state index in [2.05, 4.69) is 10.6 Å². The number of amides is 2. The lowest BCUT2D eigenvalue weighted by molar-refractivity contribution is -0.118. The number of nitrogens with zero attached hydrogens (tertiary/aromatic N) is 1. The van der Waals surface area contributed by atoms with Crippen LogP contribution in [0.15, 0.2) is 53.4 Å². The van der Waals surface area contributed by atoms with Gasteiger partial charge in [0, 0.05) is 30.5 Å². The van der Waals surface area contributed by atoms with E-state index in [1.54, 1.807) is 43.3 Å². The molecular weight excluding hydrogens is 422 g/mol. The number of rotatable bonds is 8. The lowest BCUT2D eigenvalue weighted by Gasteiger charge is -2.16. The summed E-state index contributed by atoms with van der Waals surface area (Å²) in [6, 6.07) is 12.7. The Morgan fingerprint density at radius 3 is 2.39 bits per heavy atom. The Bertz CT molecular complexity index is 1030. The van der Waals surface area contributed by atoms with Crippen LogP contribution in [0.4, 0.5) is 16.2 Å². The van der Waals surface area contributed by atoms with Gasteiger partial charge in [0.2, 0.25) is 10.0 Å². The first-order chi connectivity index (χ1) is 14.9. The minimum atomic E-state index is -3.57. The van der Waals surface area contributed by atoms with E-state index in [-0.39, 0.29) is 18.1 Å². The molecule has 9 nitrogen and oxygen atoms in total. The van der Waals surface area contributed by atoms with Crippen molar-refractivity contribution in [2.75, 3.05) is 36.9 Å². The van der Waals surface area contributed by atoms with Crippen molar-refractivity contribution in [2.24, 2.45) is 0 Å². The summed E-state index contributed by atoms with van der Waals surface area (Å²) in [6.45, 7) is 2.69. The Hall–Kier alpha value is -3.11. The Balaban J connectivity index is 1.57. The van der Waals surface area contributed by atoms with Gasteiger partial charge in [-0.15, -0.1) is 0 Å². The number of hydrogen-bond acceptors (Lipinski definition) is 6. The molecule has 2 aromatic rings. The number of benzene rings is 2. The molecule has 1 fully saturated rings. The summed E-state index contributed by atoms with van der Waals surface area (Å²) in [4.78, 5) is 23.9. The fourth-order valence-corrected chi connectivity index (χ4v) is 4.67.